The predicted molar refractivity (Wildman–Crippen MR) is 113 cm³/mol. The van der Waals surface area contributed by atoms with Crippen molar-refractivity contribution in [2.24, 2.45) is 0 Å². The highest BCUT2D eigenvalue weighted by atomic mass is 16.2. The van der Waals surface area contributed by atoms with Crippen LogP contribution in [0.5, 0.6) is 0 Å². The predicted octanol–water partition coefficient (Wildman–Crippen LogP) is 2.97. The van der Waals surface area contributed by atoms with Gasteiger partial charge in [0.1, 0.15) is 0 Å². The molecule has 0 aliphatic carbocycles. The van der Waals surface area contributed by atoms with Crippen LogP contribution < -0.4 is 15.5 Å². The molecule has 1 atom stereocenters. The number of anilines is 1. The lowest BCUT2D eigenvalue weighted by Crippen LogP contribution is -2.44. The van der Waals surface area contributed by atoms with Crippen LogP contribution in [-0.4, -0.2) is 55.6 Å². The van der Waals surface area contributed by atoms with Gasteiger partial charge in [-0.25, -0.2) is 4.79 Å². The molecule has 2 fully saturated rings. The lowest BCUT2D eigenvalue weighted by Gasteiger charge is -2.20. The van der Waals surface area contributed by atoms with Crippen LogP contribution in [0.2, 0.25) is 0 Å². The van der Waals surface area contributed by atoms with Gasteiger partial charge in [0.05, 0.1) is 6.04 Å². The maximum Gasteiger partial charge on any atom is 0.315 e. The highest BCUT2D eigenvalue weighted by Crippen LogP contribution is 2.24. The fourth-order valence-electron chi connectivity index (χ4n) is 4.05. The summed E-state index contributed by atoms with van der Waals surface area (Å²) in [7, 11) is 0. The van der Waals surface area contributed by atoms with Crippen LogP contribution in [-0.2, 0) is 4.79 Å². The van der Waals surface area contributed by atoms with Crippen molar-refractivity contribution < 1.29 is 9.59 Å². The van der Waals surface area contributed by atoms with E-state index in [4.69, 9.17) is 0 Å². The molecule has 0 saturated carbocycles. The number of hydrogen-bond donors (Lipinski definition) is 2. The normalized spacial score (nSPS) is 20.9. The molecule has 0 aromatic heterocycles. The molecular formula is C22H34N4O2. The SMILES string of the molecule is Cc1ccc(N2CC(NC(=O)NCCCN3CCCCCC3)CC2=O)cc1C. The molecule has 3 rings (SSSR count). The van der Waals surface area contributed by atoms with Gasteiger partial charge in [0.2, 0.25) is 5.91 Å². The highest BCUT2D eigenvalue weighted by molar-refractivity contribution is 5.96. The number of rotatable bonds is 6. The summed E-state index contributed by atoms with van der Waals surface area (Å²) in [5, 5.41) is 5.90. The lowest BCUT2D eigenvalue weighted by molar-refractivity contribution is -0.117. The number of carbonyl (C=O) groups is 2. The number of nitrogens with zero attached hydrogens (tertiary/aromatic N) is 2. The van der Waals surface area contributed by atoms with E-state index in [9.17, 15) is 9.59 Å². The molecule has 1 aromatic carbocycles. The highest BCUT2D eigenvalue weighted by Gasteiger charge is 2.31. The molecule has 6 nitrogen and oxygen atoms in total. The lowest BCUT2D eigenvalue weighted by atomic mass is 10.1. The molecule has 1 aromatic rings. The minimum atomic E-state index is -0.171. The van der Waals surface area contributed by atoms with Gasteiger partial charge in [-0.1, -0.05) is 18.9 Å². The summed E-state index contributed by atoms with van der Waals surface area (Å²) >= 11 is 0. The van der Waals surface area contributed by atoms with Crippen LogP contribution in [0.25, 0.3) is 0 Å². The second kappa shape index (κ2) is 9.92. The number of amides is 3. The minimum absolute atomic E-state index is 0.0646. The molecule has 3 amide bonds. The van der Waals surface area contributed by atoms with E-state index in [2.05, 4.69) is 22.5 Å². The Labute approximate surface area is 168 Å². The summed E-state index contributed by atoms with van der Waals surface area (Å²) in [4.78, 5) is 28.8. The van der Waals surface area contributed by atoms with Crippen LogP contribution >= 0.6 is 0 Å². The zero-order valence-corrected chi connectivity index (χ0v) is 17.3. The van der Waals surface area contributed by atoms with Crippen LogP contribution in [0.1, 0.15) is 49.7 Å². The van der Waals surface area contributed by atoms with Crippen molar-refractivity contribution in [2.45, 2.75) is 58.4 Å². The first kappa shape index (κ1) is 20.6. The summed E-state index contributed by atoms with van der Waals surface area (Å²) in [5.41, 5.74) is 3.30. The third-order valence-electron chi connectivity index (χ3n) is 5.90. The maximum absolute atomic E-state index is 12.4. The first-order valence-electron chi connectivity index (χ1n) is 10.7. The third-order valence-corrected chi connectivity index (χ3v) is 5.90. The Bertz CT molecular complexity index is 683. The molecule has 0 radical (unpaired) electrons. The fraction of sp³-hybridized carbons (Fsp3) is 0.636. The first-order valence-corrected chi connectivity index (χ1v) is 10.7. The molecule has 2 N–H and O–H groups in total. The second-order valence-corrected chi connectivity index (χ2v) is 8.18. The summed E-state index contributed by atoms with van der Waals surface area (Å²) in [6.07, 6.45) is 6.59. The van der Waals surface area contributed by atoms with E-state index in [0.717, 1.165) is 18.7 Å². The fourth-order valence-corrected chi connectivity index (χ4v) is 4.05. The zero-order valence-electron chi connectivity index (χ0n) is 17.3. The van der Waals surface area contributed by atoms with Gasteiger partial charge in [-0.15, -0.1) is 0 Å². The molecule has 154 valence electrons. The van der Waals surface area contributed by atoms with Crippen molar-refractivity contribution in [1.82, 2.24) is 15.5 Å². The summed E-state index contributed by atoms with van der Waals surface area (Å²) < 4.78 is 0. The van der Waals surface area contributed by atoms with Gasteiger partial charge >= 0.3 is 6.03 Å². The molecule has 0 bridgehead atoms. The molecule has 2 aliphatic heterocycles. The zero-order chi connectivity index (χ0) is 19.9. The molecule has 2 aliphatic rings. The van der Waals surface area contributed by atoms with Crippen LogP contribution in [0.3, 0.4) is 0 Å². The molecule has 6 heteroatoms. The molecule has 2 saturated heterocycles. The van der Waals surface area contributed by atoms with Gasteiger partial charge in [0.25, 0.3) is 0 Å². The van der Waals surface area contributed by atoms with Gasteiger partial charge in [-0.2, -0.15) is 0 Å². The van der Waals surface area contributed by atoms with Crippen molar-refractivity contribution in [3.8, 4) is 0 Å². The van der Waals surface area contributed by atoms with E-state index >= 15 is 0 Å². The second-order valence-electron chi connectivity index (χ2n) is 8.18. The molecule has 1 unspecified atom stereocenters. The Morgan fingerprint density at radius 2 is 1.86 bits per heavy atom. The van der Waals surface area contributed by atoms with E-state index in [-0.39, 0.29) is 18.0 Å². The summed E-state index contributed by atoms with van der Waals surface area (Å²) in [6.45, 7) is 8.73. The van der Waals surface area contributed by atoms with Crippen LogP contribution in [0, 0.1) is 13.8 Å². The van der Waals surface area contributed by atoms with E-state index < -0.39 is 0 Å². The van der Waals surface area contributed by atoms with Gasteiger partial charge in [-0.05, 0) is 76.0 Å². The Morgan fingerprint density at radius 1 is 1.11 bits per heavy atom. The van der Waals surface area contributed by atoms with Gasteiger partial charge in [0.15, 0.2) is 0 Å². The number of carbonyl (C=O) groups excluding carboxylic acids is 2. The van der Waals surface area contributed by atoms with Gasteiger partial charge in [0, 0.05) is 25.2 Å². The number of nitrogens with one attached hydrogen (secondary N) is 2. The average molecular weight is 387 g/mol. The van der Waals surface area contributed by atoms with Gasteiger partial charge < -0.3 is 20.4 Å². The van der Waals surface area contributed by atoms with E-state index in [1.54, 1.807) is 4.90 Å². The van der Waals surface area contributed by atoms with Crippen molar-refractivity contribution in [3.63, 3.8) is 0 Å². The summed E-state index contributed by atoms with van der Waals surface area (Å²) in [6, 6.07) is 5.75. The standard InChI is InChI=1S/C22H34N4O2/c1-17-8-9-20(14-18(17)2)26-16-19(15-21(26)27)24-22(28)23-10-7-13-25-11-5-3-4-6-12-25/h8-9,14,19H,3-7,10-13,15-16H2,1-2H3,(H2,23,24,28). The topological polar surface area (TPSA) is 64.7 Å². The van der Waals surface area contributed by atoms with Crippen molar-refractivity contribution in [1.29, 1.82) is 0 Å². The Balaban J connectivity index is 1.38. The minimum Gasteiger partial charge on any atom is -0.338 e. The largest absolute Gasteiger partial charge is 0.338 e. The molecule has 28 heavy (non-hydrogen) atoms. The maximum atomic E-state index is 12.4. The Hall–Kier alpha value is -2.08. The van der Waals surface area contributed by atoms with Gasteiger partial charge in [-0.3, -0.25) is 4.79 Å². The monoisotopic (exact) mass is 386 g/mol. The number of hydrogen-bond acceptors (Lipinski definition) is 3. The Kier molecular flexibility index (Phi) is 7.31. The number of benzene rings is 1. The summed E-state index contributed by atoms with van der Waals surface area (Å²) in [5.74, 6) is 0.0646. The molecule has 0 spiro atoms. The van der Waals surface area contributed by atoms with E-state index in [1.165, 1.54) is 49.9 Å². The van der Waals surface area contributed by atoms with Crippen molar-refractivity contribution in [3.05, 3.63) is 29.3 Å². The van der Waals surface area contributed by atoms with Crippen LogP contribution in [0.4, 0.5) is 10.5 Å². The quantitative estimate of drug-likeness (QED) is 0.739. The van der Waals surface area contributed by atoms with Crippen molar-refractivity contribution in [2.75, 3.05) is 37.6 Å². The molecule has 2 heterocycles. The third kappa shape index (κ3) is 5.71. The Morgan fingerprint density at radius 3 is 2.57 bits per heavy atom. The number of urea groups is 1. The van der Waals surface area contributed by atoms with E-state index in [1.807, 2.05) is 25.1 Å². The number of likely N-dealkylation sites (tertiary alicyclic amines) is 1. The first-order chi connectivity index (χ1) is 13.5. The van der Waals surface area contributed by atoms with Crippen molar-refractivity contribution >= 4 is 17.6 Å². The molecular weight excluding hydrogens is 352 g/mol. The van der Waals surface area contributed by atoms with Crippen LogP contribution in [0.15, 0.2) is 18.2 Å². The average Bonchev–Trinajstić information content (AvgIpc) is 2.86. The number of aryl methyl sites for hydroxylation is 2. The smallest absolute Gasteiger partial charge is 0.315 e. The van der Waals surface area contributed by atoms with E-state index in [0.29, 0.717) is 19.5 Å².